The molecule has 2 aromatic rings. The van der Waals surface area contributed by atoms with Gasteiger partial charge >= 0.3 is 0 Å². The van der Waals surface area contributed by atoms with Gasteiger partial charge in [0.15, 0.2) is 5.96 Å². The number of halogens is 1. The summed E-state index contributed by atoms with van der Waals surface area (Å²) in [6, 6.07) is 14.9. The molecule has 3 N–H and O–H groups in total. The molecule has 0 unspecified atom stereocenters. The number of nitrogens with one attached hydrogen (secondary N) is 1. The maximum Gasteiger partial charge on any atom is 0.246 e. The van der Waals surface area contributed by atoms with Gasteiger partial charge < -0.3 is 20.9 Å². The zero-order chi connectivity index (χ0) is 19.9. The van der Waals surface area contributed by atoms with Crippen LogP contribution in [0, 0.1) is 12.3 Å². The standard InChI is InChI=1S/C21H22ClN5O/c1-2-16-4-3-5-18(14-16)25-20(28)15-24-21(23)27-12-10-26(11-13-27)19-8-6-17(22)7-9-19/h1,3-9,14H,10-13,15H2,(H2,23,24)(H,25,28). The maximum absolute atomic E-state index is 12.1. The van der Waals surface area contributed by atoms with Crippen LogP contribution in [0.25, 0.3) is 0 Å². The van der Waals surface area contributed by atoms with E-state index >= 15 is 0 Å². The lowest BCUT2D eigenvalue weighted by Crippen LogP contribution is -2.51. The topological polar surface area (TPSA) is 74.0 Å². The van der Waals surface area contributed by atoms with Crippen LogP contribution < -0.4 is 16.0 Å². The van der Waals surface area contributed by atoms with E-state index in [4.69, 9.17) is 23.8 Å². The van der Waals surface area contributed by atoms with Gasteiger partial charge in [-0.2, -0.15) is 0 Å². The Labute approximate surface area is 170 Å². The summed E-state index contributed by atoms with van der Waals surface area (Å²) in [6.07, 6.45) is 5.37. The van der Waals surface area contributed by atoms with E-state index in [2.05, 4.69) is 21.1 Å². The van der Waals surface area contributed by atoms with Crippen LogP contribution in [0.4, 0.5) is 11.4 Å². The minimum absolute atomic E-state index is 0.0382. The molecule has 0 spiro atoms. The van der Waals surface area contributed by atoms with Crippen molar-refractivity contribution in [3.8, 4) is 12.3 Å². The fourth-order valence-corrected chi connectivity index (χ4v) is 3.11. The number of guanidine groups is 1. The van der Waals surface area contributed by atoms with Crippen LogP contribution in [0.5, 0.6) is 0 Å². The van der Waals surface area contributed by atoms with Gasteiger partial charge in [-0.05, 0) is 42.5 Å². The summed E-state index contributed by atoms with van der Waals surface area (Å²) in [7, 11) is 0. The molecule has 6 nitrogen and oxygen atoms in total. The van der Waals surface area contributed by atoms with Gasteiger partial charge in [0.25, 0.3) is 0 Å². The molecule has 0 aromatic heterocycles. The van der Waals surface area contributed by atoms with E-state index in [0.717, 1.165) is 36.9 Å². The zero-order valence-corrected chi connectivity index (χ0v) is 16.2. The van der Waals surface area contributed by atoms with E-state index in [-0.39, 0.29) is 12.5 Å². The molecule has 144 valence electrons. The molecule has 7 heteroatoms. The number of aliphatic imine (C=N–C) groups is 1. The third-order valence-electron chi connectivity index (χ3n) is 4.49. The van der Waals surface area contributed by atoms with Crippen molar-refractivity contribution in [3.63, 3.8) is 0 Å². The number of hydrogen-bond donors (Lipinski definition) is 2. The number of carbonyl (C=O) groups is 1. The molecule has 0 saturated carbocycles. The predicted molar refractivity (Wildman–Crippen MR) is 115 cm³/mol. The van der Waals surface area contributed by atoms with E-state index in [1.165, 1.54) is 0 Å². The molecule has 28 heavy (non-hydrogen) atoms. The monoisotopic (exact) mass is 395 g/mol. The van der Waals surface area contributed by atoms with Crippen LogP contribution >= 0.6 is 11.6 Å². The van der Waals surface area contributed by atoms with Crippen LogP contribution in [-0.4, -0.2) is 49.5 Å². The number of hydrogen-bond acceptors (Lipinski definition) is 3. The molecular weight excluding hydrogens is 374 g/mol. The van der Waals surface area contributed by atoms with Crippen LogP contribution in [0.1, 0.15) is 5.56 Å². The number of nitrogens with zero attached hydrogens (tertiary/aromatic N) is 3. The Morgan fingerprint density at radius 1 is 1.18 bits per heavy atom. The molecule has 1 saturated heterocycles. The Morgan fingerprint density at radius 2 is 1.89 bits per heavy atom. The van der Waals surface area contributed by atoms with Crippen molar-refractivity contribution in [1.29, 1.82) is 0 Å². The highest BCUT2D eigenvalue weighted by molar-refractivity contribution is 6.30. The zero-order valence-electron chi connectivity index (χ0n) is 15.4. The molecule has 1 aliphatic heterocycles. The molecule has 0 radical (unpaired) electrons. The van der Waals surface area contributed by atoms with Gasteiger partial charge in [-0.3, -0.25) is 4.79 Å². The lowest BCUT2D eigenvalue weighted by Gasteiger charge is -2.36. The largest absolute Gasteiger partial charge is 0.370 e. The first-order valence-corrected chi connectivity index (χ1v) is 9.35. The number of rotatable bonds is 4. The number of terminal acetylenes is 1. The van der Waals surface area contributed by atoms with E-state index in [1.54, 1.807) is 24.3 Å². The van der Waals surface area contributed by atoms with E-state index in [0.29, 0.717) is 17.2 Å². The molecule has 1 heterocycles. The normalized spacial score (nSPS) is 14.5. The van der Waals surface area contributed by atoms with Gasteiger partial charge in [-0.25, -0.2) is 4.99 Å². The molecule has 3 rings (SSSR count). The number of amides is 1. The fourth-order valence-electron chi connectivity index (χ4n) is 2.99. The SMILES string of the molecule is C#Cc1cccc(NC(=O)CN=C(N)N2CCN(c3ccc(Cl)cc3)CC2)c1. The summed E-state index contributed by atoms with van der Waals surface area (Å²) in [5.74, 6) is 2.67. The second-order valence-electron chi connectivity index (χ2n) is 6.40. The second kappa shape index (κ2) is 9.16. The molecule has 0 aliphatic carbocycles. The molecule has 1 fully saturated rings. The highest BCUT2D eigenvalue weighted by Crippen LogP contribution is 2.19. The van der Waals surface area contributed by atoms with E-state index in [1.807, 2.05) is 29.2 Å². The van der Waals surface area contributed by atoms with Crippen molar-refractivity contribution in [1.82, 2.24) is 4.90 Å². The van der Waals surface area contributed by atoms with Crippen molar-refractivity contribution < 1.29 is 4.79 Å². The summed E-state index contributed by atoms with van der Waals surface area (Å²) in [5, 5.41) is 3.50. The average Bonchev–Trinajstić information content (AvgIpc) is 2.73. The minimum atomic E-state index is -0.239. The second-order valence-corrected chi connectivity index (χ2v) is 6.83. The Kier molecular flexibility index (Phi) is 6.41. The first kappa shape index (κ1) is 19.6. The molecular formula is C21H22ClN5O. The van der Waals surface area contributed by atoms with Gasteiger partial charge in [0.05, 0.1) is 0 Å². The first-order chi connectivity index (χ1) is 13.5. The number of benzene rings is 2. The van der Waals surface area contributed by atoms with Crippen molar-refractivity contribution in [2.75, 3.05) is 42.9 Å². The van der Waals surface area contributed by atoms with Crippen molar-refractivity contribution in [2.45, 2.75) is 0 Å². The van der Waals surface area contributed by atoms with Gasteiger partial charge in [-0.1, -0.05) is 23.6 Å². The molecule has 1 aliphatic rings. The number of anilines is 2. The highest BCUT2D eigenvalue weighted by atomic mass is 35.5. The maximum atomic E-state index is 12.1. The van der Waals surface area contributed by atoms with Gasteiger partial charge in [0.1, 0.15) is 6.54 Å². The number of piperazine rings is 1. The fraction of sp³-hybridized carbons (Fsp3) is 0.238. The molecule has 0 atom stereocenters. The van der Waals surface area contributed by atoms with E-state index in [9.17, 15) is 4.79 Å². The van der Waals surface area contributed by atoms with Crippen LogP contribution in [-0.2, 0) is 4.79 Å². The van der Waals surface area contributed by atoms with Gasteiger partial charge in [-0.15, -0.1) is 6.42 Å². The molecule has 1 amide bonds. The molecule has 0 bridgehead atoms. The summed E-state index contributed by atoms with van der Waals surface area (Å²) in [4.78, 5) is 20.6. The third-order valence-corrected chi connectivity index (χ3v) is 4.75. The summed E-state index contributed by atoms with van der Waals surface area (Å²) in [6.45, 7) is 3.09. The van der Waals surface area contributed by atoms with Crippen molar-refractivity contribution in [3.05, 3.63) is 59.1 Å². The summed E-state index contributed by atoms with van der Waals surface area (Å²) in [5.41, 5.74) is 8.56. The van der Waals surface area contributed by atoms with Crippen molar-refractivity contribution in [2.24, 2.45) is 10.7 Å². The summed E-state index contributed by atoms with van der Waals surface area (Å²) >= 11 is 5.94. The Hall–Kier alpha value is -3.17. The van der Waals surface area contributed by atoms with Crippen LogP contribution in [0.2, 0.25) is 5.02 Å². The van der Waals surface area contributed by atoms with E-state index < -0.39 is 0 Å². The van der Waals surface area contributed by atoms with Crippen LogP contribution in [0.3, 0.4) is 0 Å². The first-order valence-electron chi connectivity index (χ1n) is 8.97. The Morgan fingerprint density at radius 3 is 2.57 bits per heavy atom. The summed E-state index contributed by atoms with van der Waals surface area (Å²) < 4.78 is 0. The molecule has 2 aromatic carbocycles. The average molecular weight is 396 g/mol. The number of carbonyl (C=O) groups excluding carboxylic acids is 1. The third kappa shape index (κ3) is 5.18. The van der Waals surface area contributed by atoms with Crippen LogP contribution in [0.15, 0.2) is 53.5 Å². The van der Waals surface area contributed by atoms with Crippen molar-refractivity contribution >= 4 is 34.8 Å². The van der Waals surface area contributed by atoms with Gasteiger partial charge in [0, 0.05) is 48.1 Å². The Balaban J connectivity index is 1.49. The quantitative estimate of drug-likeness (QED) is 0.473. The predicted octanol–water partition coefficient (Wildman–Crippen LogP) is 2.40. The smallest absolute Gasteiger partial charge is 0.246 e. The number of nitrogens with two attached hydrogens (primary N) is 1. The Bertz CT molecular complexity index is 896. The highest BCUT2D eigenvalue weighted by Gasteiger charge is 2.18. The lowest BCUT2D eigenvalue weighted by atomic mass is 10.2. The van der Waals surface area contributed by atoms with Gasteiger partial charge in [0.2, 0.25) is 5.91 Å². The minimum Gasteiger partial charge on any atom is -0.370 e. The lowest BCUT2D eigenvalue weighted by molar-refractivity contribution is -0.114.